The van der Waals surface area contributed by atoms with E-state index in [-0.39, 0.29) is 0 Å². The van der Waals surface area contributed by atoms with Gasteiger partial charge in [0.2, 0.25) is 5.75 Å². The lowest BCUT2D eigenvalue weighted by Gasteiger charge is -2.16. The molecule has 6 heteroatoms. The van der Waals surface area contributed by atoms with E-state index in [0.29, 0.717) is 27.8 Å². The summed E-state index contributed by atoms with van der Waals surface area (Å²) >= 11 is 1.55. The van der Waals surface area contributed by atoms with E-state index in [4.69, 9.17) is 19.2 Å². The first-order valence-corrected chi connectivity index (χ1v) is 10.1. The maximum Gasteiger partial charge on any atom is 0.203 e. The molecule has 1 aromatic heterocycles. The molecule has 2 aromatic carbocycles. The molecule has 0 saturated heterocycles. The first-order chi connectivity index (χ1) is 14.2. The van der Waals surface area contributed by atoms with Gasteiger partial charge in [0, 0.05) is 11.1 Å². The van der Waals surface area contributed by atoms with Crippen LogP contribution in [0.3, 0.4) is 0 Å². The highest BCUT2D eigenvalue weighted by molar-refractivity contribution is 7.99. The fourth-order valence-electron chi connectivity index (χ4n) is 3.09. The number of pyridine rings is 1. The number of hydrogen-bond donors (Lipinski definition) is 0. The highest BCUT2D eigenvalue weighted by Crippen LogP contribution is 2.43. The van der Waals surface area contributed by atoms with Crippen LogP contribution in [0.4, 0.5) is 0 Å². The Morgan fingerprint density at radius 2 is 1.59 bits per heavy atom. The summed E-state index contributed by atoms with van der Waals surface area (Å²) in [6.07, 6.45) is 0. The van der Waals surface area contributed by atoms with Gasteiger partial charge in [-0.15, -0.1) is 11.8 Å². The topological polar surface area (TPSA) is 64.4 Å². The standard InChI is InChI=1S/C23H22N2O3S/c1-5-29-23-18(14-24)17(13-19(25-23)15-9-7-6-8-10-15)16-11-20(26-2)22(28-4)21(12-16)27-3/h6-13H,5H2,1-4H3. The minimum absolute atomic E-state index is 0.512. The molecule has 0 unspecified atom stereocenters. The molecule has 5 nitrogen and oxygen atoms in total. The molecule has 29 heavy (non-hydrogen) atoms. The van der Waals surface area contributed by atoms with E-state index in [1.54, 1.807) is 33.1 Å². The Balaban J connectivity index is 2.31. The van der Waals surface area contributed by atoms with Crippen molar-refractivity contribution in [3.05, 3.63) is 54.1 Å². The smallest absolute Gasteiger partial charge is 0.203 e. The van der Waals surface area contributed by atoms with Gasteiger partial charge in [-0.25, -0.2) is 4.98 Å². The van der Waals surface area contributed by atoms with Gasteiger partial charge in [0.05, 0.1) is 32.6 Å². The van der Waals surface area contributed by atoms with Crippen molar-refractivity contribution in [2.24, 2.45) is 0 Å². The number of rotatable bonds is 7. The molecule has 0 fully saturated rings. The maximum absolute atomic E-state index is 9.91. The summed E-state index contributed by atoms with van der Waals surface area (Å²) in [5.41, 5.74) is 3.91. The number of nitrogens with zero attached hydrogens (tertiary/aromatic N) is 2. The third-order valence-electron chi connectivity index (χ3n) is 4.42. The van der Waals surface area contributed by atoms with Crippen LogP contribution in [0.5, 0.6) is 17.2 Å². The van der Waals surface area contributed by atoms with Crippen LogP contribution in [0.15, 0.2) is 53.6 Å². The third-order valence-corrected chi connectivity index (χ3v) is 5.28. The lowest BCUT2D eigenvalue weighted by molar-refractivity contribution is 0.324. The van der Waals surface area contributed by atoms with E-state index < -0.39 is 0 Å². The quantitative estimate of drug-likeness (QED) is 0.488. The van der Waals surface area contributed by atoms with E-state index in [1.165, 1.54) is 0 Å². The van der Waals surface area contributed by atoms with Crippen LogP contribution in [0.1, 0.15) is 12.5 Å². The molecule has 148 valence electrons. The maximum atomic E-state index is 9.91. The van der Waals surface area contributed by atoms with Gasteiger partial charge in [-0.3, -0.25) is 0 Å². The average molecular weight is 407 g/mol. The van der Waals surface area contributed by atoms with Crippen LogP contribution >= 0.6 is 11.8 Å². The number of hydrogen-bond acceptors (Lipinski definition) is 6. The highest BCUT2D eigenvalue weighted by Gasteiger charge is 2.19. The lowest BCUT2D eigenvalue weighted by Crippen LogP contribution is -1.99. The monoisotopic (exact) mass is 406 g/mol. The van der Waals surface area contributed by atoms with Crippen molar-refractivity contribution in [3.63, 3.8) is 0 Å². The summed E-state index contributed by atoms with van der Waals surface area (Å²) in [5.74, 6) is 2.40. The molecule has 0 bridgehead atoms. The Morgan fingerprint density at radius 3 is 2.10 bits per heavy atom. The van der Waals surface area contributed by atoms with Crippen LogP contribution in [-0.2, 0) is 0 Å². The van der Waals surface area contributed by atoms with Gasteiger partial charge in [0.15, 0.2) is 11.5 Å². The molecule has 0 aliphatic carbocycles. The van der Waals surface area contributed by atoms with Crippen molar-refractivity contribution in [1.82, 2.24) is 4.98 Å². The Labute approximate surface area is 175 Å². The lowest BCUT2D eigenvalue weighted by atomic mass is 9.98. The summed E-state index contributed by atoms with van der Waals surface area (Å²) < 4.78 is 16.4. The Morgan fingerprint density at radius 1 is 0.931 bits per heavy atom. The number of benzene rings is 2. The Kier molecular flexibility index (Phi) is 6.63. The van der Waals surface area contributed by atoms with Crippen LogP contribution in [0, 0.1) is 11.3 Å². The zero-order chi connectivity index (χ0) is 20.8. The largest absolute Gasteiger partial charge is 0.493 e. The molecule has 0 N–H and O–H groups in total. The van der Waals surface area contributed by atoms with Crippen LogP contribution in [0.2, 0.25) is 0 Å². The Bertz CT molecular complexity index is 1020. The molecule has 3 rings (SSSR count). The zero-order valence-corrected chi connectivity index (χ0v) is 17.7. The summed E-state index contributed by atoms with van der Waals surface area (Å²) in [5, 5.41) is 10.6. The molecule has 0 aliphatic rings. The minimum Gasteiger partial charge on any atom is -0.493 e. The van der Waals surface area contributed by atoms with Crippen molar-refractivity contribution >= 4 is 11.8 Å². The summed E-state index contributed by atoms with van der Waals surface area (Å²) in [7, 11) is 4.72. The number of methoxy groups -OCH3 is 3. The fourth-order valence-corrected chi connectivity index (χ4v) is 3.83. The molecule has 0 radical (unpaired) electrons. The van der Waals surface area contributed by atoms with Crippen LogP contribution < -0.4 is 14.2 Å². The van der Waals surface area contributed by atoms with Crippen LogP contribution in [-0.4, -0.2) is 32.1 Å². The van der Waals surface area contributed by atoms with Gasteiger partial charge in [-0.05, 0) is 29.5 Å². The van der Waals surface area contributed by atoms with Gasteiger partial charge >= 0.3 is 0 Å². The Hall–Kier alpha value is -3.17. The summed E-state index contributed by atoms with van der Waals surface area (Å²) in [6.45, 7) is 2.04. The van der Waals surface area contributed by atoms with E-state index in [1.807, 2.05) is 55.5 Å². The normalized spacial score (nSPS) is 10.3. The van der Waals surface area contributed by atoms with Gasteiger partial charge in [0.25, 0.3) is 0 Å². The van der Waals surface area contributed by atoms with Crippen LogP contribution in [0.25, 0.3) is 22.4 Å². The third kappa shape index (κ3) is 4.15. The van der Waals surface area contributed by atoms with Gasteiger partial charge < -0.3 is 14.2 Å². The van der Waals surface area contributed by atoms with Crippen molar-refractivity contribution in [3.8, 4) is 45.7 Å². The second-order valence-corrected chi connectivity index (χ2v) is 7.31. The van der Waals surface area contributed by atoms with E-state index in [0.717, 1.165) is 28.1 Å². The molecule has 0 spiro atoms. The minimum atomic E-state index is 0.512. The van der Waals surface area contributed by atoms with Crippen molar-refractivity contribution in [2.75, 3.05) is 27.1 Å². The predicted molar refractivity (Wildman–Crippen MR) is 116 cm³/mol. The molecule has 3 aromatic rings. The first kappa shape index (κ1) is 20.6. The van der Waals surface area contributed by atoms with Crippen molar-refractivity contribution < 1.29 is 14.2 Å². The highest BCUT2D eigenvalue weighted by atomic mass is 32.2. The molecule has 0 saturated carbocycles. The number of aromatic nitrogens is 1. The first-order valence-electron chi connectivity index (χ1n) is 9.10. The zero-order valence-electron chi connectivity index (χ0n) is 16.9. The number of nitriles is 1. The van der Waals surface area contributed by atoms with Crippen molar-refractivity contribution in [2.45, 2.75) is 11.9 Å². The second-order valence-electron chi connectivity index (χ2n) is 6.06. The summed E-state index contributed by atoms with van der Waals surface area (Å²) in [4.78, 5) is 4.76. The molecule has 0 amide bonds. The van der Waals surface area contributed by atoms with Gasteiger partial charge in [-0.1, -0.05) is 37.3 Å². The van der Waals surface area contributed by atoms with Gasteiger partial charge in [-0.2, -0.15) is 5.26 Å². The predicted octanol–water partition coefficient (Wildman–Crippen LogP) is 5.43. The summed E-state index contributed by atoms with van der Waals surface area (Å²) in [6, 6.07) is 17.9. The number of ether oxygens (including phenoxy) is 3. The molecular weight excluding hydrogens is 384 g/mol. The van der Waals surface area contributed by atoms with E-state index in [9.17, 15) is 5.26 Å². The molecule has 0 atom stereocenters. The SMILES string of the molecule is CCSc1nc(-c2ccccc2)cc(-c2cc(OC)c(OC)c(OC)c2)c1C#N. The molecular formula is C23H22N2O3S. The number of thioether (sulfide) groups is 1. The van der Waals surface area contributed by atoms with E-state index >= 15 is 0 Å². The fraction of sp³-hybridized carbons (Fsp3) is 0.217. The molecule has 1 heterocycles. The van der Waals surface area contributed by atoms with E-state index in [2.05, 4.69) is 6.07 Å². The molecule has 0 aliphatic heterocycles. The van der Waals surface area contributed by atoms with Gasteiger partial charge in [0.1, 0.15) is 11.1 Å². The van der Waals surface area contributed by atoms with Crippen molar-refractivity contribution in [1.29, 1.82) is 5.26 Å². The second kappa shape index (κ2) is 9.35. The average Bonchev–Trinajstić information content (AvgIpc) is 2.78.